The van der Waals surface area contributed by atoms with Crippen LogP contribution in [0, 0.1) is 0 Å². The highest BCUT2D eigenvalue weighted by Crippen LogP contribution is 2.32. The van der Waals surface area contributed by atoms with Crippen molar-refractivity contribution in [3.8, 4) is 0 Å². The van der Waals surface area contributed by atoms with Crippen LogP contribution in [0.2, 0.25) is 0 Å². The van der Waals surface area contributed by atoms with Crippen molar-refractivity contribution in [1.82, 2.24) is 10.9 Å². The molecule has 0 saturated carbocycles. The third-order valence-corrected chi connectivity index (χ3v) is 4.68. The quantitative estimate of drug-likeness (QED) is 0.202. The molecule has 0 amide bonds. The van der Waals surface area contributed by atoms with Crippen molar-refractivity contribution in [3.63, 3.8) is 0 Å². The molecule has 32 heavy (non-hydrogen) atoms. The lowest BCUT2D eigenvalue weighted by Gasteiger charge is -2.44. The summed E-state index contributed by atoms with van der Waals surface area (Å²) in [5.41, 5.74) is 4.33. The minimum absolute atomic E-state index is 0.286. The summed E-state index contributed by atoms with van der Waals surface area (Å²) in [7, 11) is 0. The number of anilines is 2. The number of rotatable bonds is 13. The van der Waals surface area contributed by atoms with Crippen LogP contribution in [0.4, 0.5) is 11.4 Å². The number of carboxylic acids is 4. The van der Waals surface area contributed by atoms with Crippen molar-refractivity contribution >= 4 is 35.3 Å². The first-order chi connectivity index (χ1) is 15.1. The molecule has 0 bridgehead atoms. The van der Waals surface area contributed by atoms with Gasteiger partial charge in [0.2, 0.25) is 0 Å². The zero-order valence-corrected chi connectivity index (χ0v) is 16.6. The summed E-state index contributed by atoms with van der Waals surface area (Å²) in [4.78, 5) is 48.1. The predicted molar refractivity (Wildman–Crippen MR) is 112 cm³/mol. The Morgan fingerprint density at radius 2 is 0.906 bits per heavy atom. The monoisotopic (exact) mass is 446 g/mol. The van der Waals surface area contributed by atoms with Gasteiger partial charge in [-0.05, 0) is 24.3 Å². The van der Waals surface area contributed by atoms with Gasteiger partial charge in [0, 0.05) is 11.4 Å². The lowest BCUT2D eigenvalue weighted by Crippen LogP contribution is -2.78. The van der Waals surface area contributed by atoms with Gasteiger partial charge in [-0.3, -0.25) is 19.2 Å². The SMILES string of the molecule is O=C(O)CC(NNc1ccccc1)(C(=O)O)C(CC(=O)O)(NNc1ccccc1)C(=O)O. The fraction of sp³-hybridized carbons (Fsp3) is 0.200. The number of para-hydroxylation sites is 2. The van der Waals surface area contributed by atoms with Crippen molar-refractivity contribution in [2.75, 3.05) is 10.9 Å². The summed E-state index contributed by atoms with van der Waals surface area (Å²) in [6.07, 6.45) is -2.57. The van der Waals surface area contributed by atoms with Crippen LogP contribution in [0.25, 0.3) is 0 Å². The molecule has 0 fully saturated rings. The largest absolute Gasteiger partial charge is 0.481 e. The van der Waals surface area contributed by atoms with Crippen LogP contribution >= 0.6 is 0 Å². The molecule has 0 aliphatic rings. The molecule has 170 valence electrons. The molecule has 0 aromatic heterocycles. The van der Waals surface area contributed by atoms with Gasteiger partial charge in [0.05, 0.1) is 12.8 Å². The number of carbonyl (C=O) groups is 4. The first kappa shape index (κ1) is 24.1. The van der Waals surface area contributed by atoms with E-state index in [0.29, 0.717) is 0 Å². The van der Waals surface area contributed by atoms with E-state index in [2.05, 4.69) is 21.7 Å². The molecule has 8 N–H and O–H groups in total. The zero-order chi connectivity index (χ0) is 23.8. The molecule has 2 aromatic carbocycles. The first-order valence-electron chi connectivity index (χ1n) is 9.20. The summed E-state index contributed by atoms with van der Waals surface area (Å²) in [5, 5.41) is 39.0. The molecule has 2 aromatic rings. The number of benzene rings is 2. The van der Waals surface area contributed by atoms with Crippen LogP contribution in [0.5, 0.6) is 0 Å². The molecule has 0 radical (unpaired) electrons. The van der Waals surface area contributed by atoms with Gasteiger partial charge in [-0.25, -0.2) is 10.9 Å². The van der Waals surface area contributed by atoms with Crippen molar-refractivity contribution < 1.29 is 39.6 Å². The van der Waals surface area contributed by atoms with Gasteiger partial charge in [0.25, 0.3) is 0 Å². The molecule has 2 unspecified atom stereocenters. The van der Waals surface area contributed by atoms with Crippen LogP contribution < -0.4 is 21.7 Å². The van der Waals surface area contributed by atoms with E-state index in [0.717, 1.165) is 0 Å². The van der Waals surface area contributed by atoms with Crippen LogP contribution in [0.1, 0.15) is 12.8 Å². The molecular weight excluding hydrogens is 424 g/mol. The molecule has 0 saturated heterocycles. The Bertz CT molecular complexity index is 893. The maximum Gasteiger partial charge on any atom is 0.328 e. The summed E-state index contributed by atoms with van der Waals surface area (Å²) in [6.45, 7) is 0. The second-order valence-corrected chi connectivity index (χ2v) is 6.79. The van der Waals surface area contributed by atoms with E-state index in [-0.39, 0.29) is 11.4 Å². The van der Waals surface area contributed by atoms with Gasteiger partial charge < -0.3 is 31.3 Å². The second-order valence-electron chi connectivity index (χ2n) is 6.79. The highest BCUT2D eigenvalue weighted by Gasteiger charge is 2.64. The highest BCUT2D eigenvalue weighted by atomic mass is 16.4. The average Bonchev–Trinajstić information content (AvgIpc) is 2.74. The summed E-state index contributed by atoms with van der Waals surface area (Å²) >= 11 is 0. The highest BCUT2D eigenvalue weighted by molar-refractivity contribution is 5.98. The molecule has 12 nitrogen and oxygen atoms in total. The minimum Gasteiger partial charge on any atom is -0.481 e. The van der Waals surface area contributed by atoms with Crippen LogP contribution in [-0.2, 0) is 19.2 Å². The first-order valence-corrected chi connectivity index (χ1v) is 9.20. The van der Waals surface area contributed by atoms with Crippen molar-refractivity contribution in [2.45, 2.75) is 23.9 Å². The Balaban J connectivity index is 2.61. The molecule has 0 aliphatic carbocycles. The van der Waals surface area contributed by atoms with E-state index in [4.69, 9.17) is 0 Å². The lowest BCUT2D eigenvalue weighted by atomic mass is 9.72. The van der Waals surface area contributed by atoms with Crippen LogP contribution in [-0.4, -0.2) is 55.4 Å². The molecule has 0 heterocycles. The number of hydrogen-bond acceptors (Lipinski definition) is 8. The maximum atomic E-state index is 12.4. The van der Waals surface area contributed by atoms with Crippen molar-refractivity contribution in [3.05, 3.63) is 60.7 Å². The van der Waals surface area contributed by atoms with Gasteiger partial charge in [0.1, 0.15) is 0 Å². The maximum absolute atomic E-state index is 12.4. The third kappa shape index (κ3) is 5.30. The van der Waals surface area contributed by atoms with Gasteiger partial charge in [0.15, 0.2) is 11.1 Å². The predicted octanol–water partition coefficient (Wildman–Crippen LogP) is 0.816. The van der Waals surface area contributed by atoms with Gasteiger partial charge >= 0.3 is 23.9 Å². The van der Waals surface area contributed by atoms with Gasteiger partial charge in [-0.1, -0.05) is 36.4 Å². The standard InChI is InChI=1S/C20H22N4O8/c25-15(26)11-19(17(29)30,23-21-13-7-3-1-4-8-13)20(18(31)32,12-16(27)28)24-22-14-9-5-2-6-10-14/h1-10,21-24H,11-12H2,(H,25,26)(H,27,28)(H,29,30)(H,31,32). The molecule has 12 heteroatoms. The number of carboxylic acid groups (broad SMARTS) is 4. The van der Waals surface area contributed by atoms with Crippen LogP contribution in [0.15, 0.2) is 60.7 Å². The Morgan fingerprint density at radius 3 is 1.16 bits per heavy atom. The smallest absolute Gasteiger partial charge is 0.328 e. The minimum atomic E-state index is -2.87. The fourth-order valence-electron chi connectivity index (χ4n) is 3.08. The van der Waals surface area contributed by atoms with Gasteiger partial charge in [-0.2, -0.15) is 0 Å². The lowest BCUT2D eigenvalue weighted by molar-refractivity contribution is -0.168. The van der Waals surface area contributed by atoms with E-state index in [1.54, 1.807) is 36.4 Å². The van der Waals surface area contributed by atoms with Crippen LogP contribution in [0.3, 0.4) is 0 Å². The Labute approximate surface area is 181 Å². The van der Waals surface area contributed by atoms with Crippen molar-refractivity contribution in [2.24, 2.45) is 0 Å². The van der Waals surface area contributed by atoms with Gasteiger partial charge in [-0.15, -0.1) is 0 Å². The number of hydrazine groups is 2. The number of hydrogen-bond donors (Lipinski definition) is 8. The topological polar surface area (TPSA) is 197 Å². The average molecular weight is 446 g/mol. The summed E-state index contributed by atoms with van der Waals surface area (Å²) in [6, 6.07) is 15.8. The van der Waals surface area contributed by atoms with E-state index in [1.807, 2.05) is 0 Å². The number of aliphatic carboxylic acids is 4. The van der Waals surface area contributed by atoms with E-state index >= 15 is 0 Å². The zero-order valence-electron chi connectivity index (χ0n) is 16.6. The second kappa shape index (κ2) is 10.2. The Morgan fingerprint density at radius 1 is 0.594 bits per heavy atom. The summed E-state index contributed by atoms with van der Waals surface area (Å²) < 4.78 is 0. The molecule has 2 atom stereocenters. The third-order valence-electron chi connectivity index (χ3n) is 4.68. The summed E-state index contributed by atoms with van der Waals surface area (Å²) in [5.74, 6) is -7.16. The Kier molecular flexibility index (Phi) is 7.71. The molecule has 2 rings (SSSR count). The molecule has 0 spiro atoms. The normalized spacial score (nSPS) is 14.4. The van der Waals surface area contributed by atoms with E-state index < -0.39 is 47.8 Å². The molecule has 0 aliphatic heterocycles. The van der Waals surface area contributed by atoms with Crippen molar-refractivity contribution in [1.29, 1.82) is 0 Å². The fourth-order valence-corrected chi connectivity index (χ4v) is 3.08. The van der Waals surface area contributed by atoms with E-state index in [9.17, 15) is 39.6 Å². The molecular formula is C20H22N4O8. The number of nitrogens with one attached hydrogen (secondary N) is 4. The Hall–Kier alpha value is -4.16. The van der Waals surface area contributed by atoms with E-state index in [1.165, 1.54) is 24.3 Å².